The van der Waals surface area contributed by atoms with Gasteiger partial charge in [0.25, 0.3) is 0 Å². The molecule has 1 saturated heterocycles. The fraction of sp³-hybridized carbons (Fsp3) is 0.391. The number of anilines is 2. The summed E-state index contributed by atoms with van der Waals surface area (Å²) >= 11 is 0. The summed E-state index contributed by atoms with van der Waals surface area (Å²) in [5.41, 5.74) is -1.15. The molecule has 2 aromatic rings. The van der Waals surface area contributed by atoms with Crippen molar-refractivity contribution in [2.75, 3.05) is 29.9 Å². The number of carbonyl (C=O) groups excluding carboxylic acids is 2. The lowest BCUT2D eigenvalue weighted by Crippen LogP contribution is -2.40. The molecule has 0 saturated carbocycles. The maximum Gasteiger partial charge on any atom is 0.416 e. The summed E-state index contributed by atoms with van der Waals surface area (Å²) in [4.78, 5) is 27.0. The minimum Gasteiger partial charge on any atom is -0.325 e. The number of alkyl halides is 3. The molecule has 7 nitrogen and oxygen atoms in total. The van der Waals surface area contributed by atoms with Crippen molar-refractivity contribution < 1.29 is 31.2 Å². The number of fused-ring (bicyclic) bond motifs is 1. The second-order valence-electron chi connectivity index (χ2n) is 8.93. The third-order valence-electron chi connectivity index (χ3n) is 6.19. The van der Waals surface area contributed by atoms with Gasteiger partial charge in [0.15, 0.2) is 0 Å². The molecule has 1 fully saturated rings. The molecule has 2 heterocycles. The van der Waals surface area contributed by atoms with Gasteiger partial charge in [-0.05, 0) is 68.7 Å². The van der Waals surface area contributed by atoms with Gasteiger partial charge in [-0.15, -0.1) is 0 Å². The van der Waals surface area contributed by atoms with Crippen molar-refractivity contribution in [3.05, 3.63) is 53.6 Å². The van der Waals surface area contributed by atoms with Gasteiger partial charge in [0.05, 0.1) is 15.9 Å². The second kappa shape index (κ2) is 8.38. The van der Waals surface area contributed by atoms with E-state index in [2.05, 4.69) is 5.32 Å². The molecule has 0 bridgehead atoms. The maximum atomic E-state index is 13.1. The van der Waals surface area contributed by atoms with Crippen LogP contribution in [0, 0.1) is 0 Å². The predicted molar refractivity (Wildman–Crippen MR) is 120 cm³/mol. The monoisotopic (exact) mass is 495 g/mol. The van der Waals surface area contributed by atoms with Crippen LogP contribution in [0.4, 0.5) is 24.5 Å². The number of amides is 2. The van der Waals surface area contributed by atoms with Crippen molar-refractivity contribution in [3.63, 3.8) is 0 Å². The third kappa shape index (κ3) is 4.29. The van der Waals surface area contributed by atoms with Crippen molar-refractivity contribution in [3.8, 4) is 0 Å². The summed E-state index contributed by atoms with van der Waals surface area (Å²) in [6.07, 6.45) is -2.96. The van der Waals surface area contributed by atoms with Crippen LogP contribution in [0.3, 0.4) is 0 Å². The van der Waals surface area contributed by atoms with Crippen molar-refractivity contribution >= 4 is 33.2 Å². The molecule has 0 aromatic heterocycles. The van der Waals surface area contributed by atoms with Crippen LogP contribution in [0.2, 0.25) is 0 Å². The quantitative estimate of drug-likeness (QED) is 0.685. The number of rotatable bonds is 5. The van der Waals surface area contributed by atoms with Gasteiger partial charge in [0.2, 0.25) is 21.8 Å². The molecule has 0 aliphatic carbocycles. The van der Waals surface area contributed by atoms with Gasteiger partial charge in [-0.3, -0.25) is 9.59 Å². The van der Waals surface area contributed by atoms with Gasteiger partial charge in [-0.25, -0.2) is 8.42 Å². The lowest BCUT2D eigenvalue weighted by Gasteiger charge is -2.20. The smallest absolute Gasteiger partial charge is 0.325 e. The minimum absolute atomic E-state index is 0.0435. The van der Waals surface area contributed by atoms with Gasteiger partial charge in [-0.2, -0.15) is 17.5 Å². The zero-order valence-corrected chi connectivity index (χ0v) is 19.5. The summed E-state index contributed by atoms with van der Waals surface area (Å²) in [5.74, 6) is -1.08. The molecule has 1 N–H and O–H groups in total. The lowest BCUT2D eigenvalue weighted by atomic mass is 9.86. The van der Waals surface area contributed by atoms with E-state index >= 15 is 0 Å². The molecule has 4 rings (SSSR count). The van der Waals surface area contributed by atoms with E-state index < -0.39 is 45.5 Å². The number of carbonyl (C=O) groups is 2. The standard InChI is InChI=1S/C23H24F3N3O4S/c1-22(2)18-13-17(34(32,33)28-10-3-4-11-28)8-9-19(18)29(21(22)31)14-20(30)27-16-7-5-6-15(12-16)23(24,25)26/h5-9,12-13H,3-4,10-11,14H2,1-2H3,(H,27,30). The highest BCUT2D eigenvalue weighted by Crippen LogP contribution is 2.43. The number of hydrogen-bond acceptors (Lipinski definition) is 4. The van der Waals surface area contributed by atoms with Crippen LogP contribution in [0.25, 0.3) is 0 Å². The van der Waals surface area contributed by atoms with Gasteiger partial charge in [0.1, 0.15) is 6.54 Å². The van der Waals surface area contributed by atoms with Crippen LogP contribution in [0.5, 0.6) is 0 Å². The predicted octanol–water partition coefficient (Wildman–Crippen LogP) is 3.75. The maximum absolute atomic E-state index is 13.1. The van der Waals surface area contributed by atoms with Gasteiger partial charge >= 0.3 is 6.18 Å². The first kappa shape index (κ1) is 24.2. The number of benzene rings is 2. The van der Waals surface area contributed by atoms with Crippen LogP contribution < -0.4 is 10.2 Å². The van der Waals surface area contributed by atoms with Gasteiger partial charge in [0, 0.05) is 24.5 Å². The largest absolute Gasteiger partial charge is 0.416 e. The Morgan fingerprint density at radius 3 is 2.41 bits per heavy atom. The molecule has 2 amide bonds. The number of nitrogens with zero attached hydrogens (tertiary/aromatic N) is 2. The summed E-state index contributed by atoms with van der Waals surface area (Å²) in [5, 5.41) is 2.40. The number of sulfonamides is 1. The molecule has 0 atom stereocenters. The van der Waals surface area contributed by atoms with E-state index in [1.165, 1.54) is 39.5 Å². The third-order valence-corrected chi connectivity index (χ3v) is 8.08. The molecular weight excluding hydrogens is 471 g/mol. The van der Waals surface area contributed by atoms with E-state index in [-0.39, 0.29) is 10.6 Å². The van der Waals surface area contributed by atoms with Gasteiger partial charge < -0.3 is 10.2 Å². The molecule has 0 unspecified atom stereocenters. The Hall–Kier alpha value is -2.92. The minimum atomic E-state index is -4.55. The summed E-state index contributed by atoms with van der Waals surface area (Å²) in [6.45, 7) is 3.76. The van der Waals surface area contributed by atoms with Crippen molar-refractivity contribution in [1.82, 2.24) is 4.31 Å². The van der Waals surface area contributed by atoms with Crippen molar-refractivity contribution in [2.24, 2.45) is 0 Å². The fourth-order valence-corrected chi connectivity index (χ4v) is 5.87. The zero-order valence-electron chi connectivity index (χ0n) is 18.6. The van der Waals surface area contributed by atoms with Crippen LogP contribution in [-0.2, 0) is 31.2 Å². The molecule has 182 valence electrons. The Kier molecular flexibility index (Phi) is 5.97. The number of halogens is 3. The Balaban J connectivity index is 1.58. The highest BCUT2D eigenvalue weighted by Gasteiger charge is 2.45. The summed E-state index contributed by atoms with van der Waals surface area (Å²) < 4.78 is 66.2. The fourth-order valence-electron chi connectivity index (χ4n) is 4.33. The second-order valence-corrected chi connectivity index (χ2v) is 10.9. The lowest BCUT2D eigenvalue weighted by molar-refractivity contribution is -0.137. The molecule has 11 heteroatoms. The van der Waals surface area contributed by atoms with Gasteiger partial charge in [-0.1, -0.05) is 6.07 Å². The van der Waals surface area contributed by atoms with E-state index in [1.807, 2.05) is 0 Å². The topological polar surface area (TPSA) is 86.8 Å². The zero-order chi connectivity index (χ0) is 24.9. The Bertz CT molecular complexity index is 1250. The normalized spacial score (nSPS) is 18.3. The molecule has 2 aromatic carbocycles. The van der Waals surface area contributed by atoms with E-state index in [0.717, 1.165) is 25.0 Å². The number of hydrogen-bond donors (Lipinski definition) is 1. The molecule has 0 radical (unpaired) electrons. The highest BCUT2D eigenvalue weighted by atomic mass is 32.2. The van der Waals surface area contributed by atoms with E-state index in [4.69, 9.17) is 0 Å². The Morgan fingerprint density at radius 2 is 1.76 bits per heavy atom. The SMILES string of the molecule is CC1(C)C(=O)N(CC(=O)Nc2cccc(C(F)(F)F)c2)c2ccc(S(=O)(=O)N3CCCC3)cc21. The Morgan fingerprint density at radius 1 is 1.09 bits per heavy atom. The van der Waals surface area contributed by atoms with Crippen LogP contribution in [0.15, 0.2) is 47.4 Å². The average Bonchev–Trinajstić information content (AvgIpc) is 3.37. The number of nitrogens with one attached hydrogen (secondary N) is 1. The van der Waals surface area contributed by atoms with Crippen molar-refractivity contribution in [1.29, 1.82) is 0 Å². The first-order chi connectivity index (χ1) is 15.8. The van der Waals surface area contributed by atoms with E-state index in [1.54, 1.807) is 13.8 Å². The highest BCUT2D eigenvalue weighted by molar-refractivity contribution is 7.89. The average molecular weight is 496 g/mol. The molecular formula is C23H24F3N3O4S. The van der Waals surface area contributed by atoms with Crippen LogP contribution in [0.1, 0.15) is 37.8 Å². The summed E-state index contributed by atoms with van der Waals surface area (Å²) in [6, 6.07) is 8.61. The molecule has 0 spiro atoms. The molecule has 2 aliphatic rings. The first-order valence-electron chi connectivity index (χ1n) is 10.8. The summed E-state index contributed by atoms with van der Waals surface area (Å²) in [7, 11) is -3.69. The molecule has 34 heavy (non-hydrogen) atoms. The van der Waals surface area contributed by atoms with Crippen LogP contribution >= 0.6 is 0 Å². The van der Waals surface area contributed by atoms with Crippen molar-refractivity contribution in [2.45, 2.75) is 43.2 Å². The Labute approximate surface area is 195 Å². The van der Waals surface area contributed by atoms with Crippen LogP contribution in [-0.4, -0.2) is 44.2 Å². The van der Waals surface area contributed by atoms with E-state index in [0.29, 0.717) is 24.3 Å². The molecule has 2 aliphatic heterocycles. The van der Waals surface area contributed by atoms with E-state index in [9.17, 15) is 31.2 Å². The first-order valence-corrected chi connectivity index (χ1v) is 12.2.